The SMILES string of the molecule is CCNC(=NCCc1ccc(F)cc1Cl)N1CCC(CN(CC)CC)C1. The molecule has 1 heterocycles. The lowest BCUT2D eigenvalue weighted by atomic mass is 10.1. The summed E-state index contributed by atoms with van der Waals surface area (Å²) in [6.07, 6.45) is 1.93. The summed E-state index contributed by atoms with van der Waals surface area (Å²) in [4.78, 5) is 9.63. The van der Waals surface area contributed by atoms with Crippen LogP contribution in [0.5, 0.6) is 0 Å². The fourth-order valence-corrected chi connectivity index (χ4v) is 3.72. The summed E-state index contributed by atoms with van der Waals surface area (Å²) in [5.41, 5.74) is 0.938. The third-order valence-electron chi connectivity index (χ3n) is 4.99. The summed E-state index contributed by atoms with van der Waals surface area (Å²) >= 11 is 6.11. The van der Waals surface area contributed by atoms with Crippen LogP contribution in [0.1, 0.15) is 32.8 Å². The first kappa shape index (κ1) is 21.0. The first-order valence-electron chi connectivity index (χ1n) is 9.76. The molecule has 1 fully saturated rings. The van der Waals surface area contributed by atoms with Gasteiger partial charge in [-0.2, -0.15) is 0 Å². The summed E-state index contributed by atoms with van der Waals surface area (Å²) in [5, 5.41) is 3.88. The zero-order chi connectivity index (χ0) is 18.9. The maximum absolute atomic E-state index is 13.1. The monoisotopic (exact) mass is 382 g/mol. The first-order chi connectivity index (χ1) is 12.6. The molecule has 146 valence electrons. The summed E-state index contributed by atoms with van der Waals surface area (Å²) < 4.78 is 13.1. The van der Waals surface area contributed by atoms with Crippen LogP contribution in [-0.4, -0.2) is 61.6 Å². The second-order valence-corrected chi connectivity index (χ2v) is 7.22. The standard InChI is InChI=1S/C20H32ClFN4/c1-4-23-20(24-11-9-17-7-8-18(22)13-19(17)21)26-12-10-16(15-26)14-25(5-2)6-3/h7-8,13,16H,4-6,9-12,14-15H2,1-3H3,(H,23,24). The van der Waals surface area contributed by atoms with Crippen molar-refractivity contribution < 1.29 is 4.39 Å². The number of nitrogens with one attached hydrogen (secondary N) is 1. The lowest BCUT2D eigenvalue weighted by Crippen LogP contribution is -2.41. The van der Waals surface area contributed by atoms with Crippen LogP contribution < -0.4 is 5.32 Å². The summed E-state index contributed by atoms with van der Waals surface area (Å²) in [5.74, 6) is 1.38. The Morgan fingerprint density at radius 2 is 2.12 bits per heavy atom. The molecule has 1 aromatic carbocycles. The number of halogens is 2. The molecule has 0 aliphatic carbocycles. The van der Waals surface area contributed by atoms with Crippen LogP contribution >= 0.6 is 11.6 Å². The Hall–Kier alpha value is -1.33. The van der Waals surface area contributed by atoms with Crippen molar-refractivity contribution in [2.24, 2.45) is 10.9 Å². The van der Waals surface area contributed by atoms with Gasteiger partial charge in [0.05, 0.1) is 0 Å². The van der Waals surface area contributed by atoms with Gasteiger partial charge in [0.1, 0.15) is 5.82 Å². The lowest BCUT2D eigenvalue weighted by Gasteiger charge is -2.24. The molecule has 26 heavy (non-hydrogen) atoms. The zero-order valence-electron chi connectivity index (χ0n) is 16.3. The molecule has 1 aliphatic heterocycles. The van der Waals surface area contributed by atoms with E-state index in [4.69, 9.17) is 16.6 Å². The van der Waals surface area contributed by atoms with E-state index in [1.807, 2.05) is 0 Å². The molecule has 0 amide bonds. The minimum absolute atomic E-state index is 0.299. The fourth-order valence-electron chi connectivity index (χ4n) is 3.45. The third-order valence-corrected chi connectivity index (χ3v) is 5.34. The fraction of sp³-hybridized carbons (Fsp3) is 0.650. The molecule has 1 saturated heterocycles. The number of rotatable bonds is 8. The van der Waals surface area contributed by atoms with Gasteiger partial charge in [-0.05, 0) is 56.5 Å². The topological polar surface area (TPSA) is 30.9 Å². The predicted molar refractivity (Wildman–Crippen MR) is 109 cm³/mol. The van der Waals surface area contributed by atoms with Crippen LogP contribution in [0.3, 0.4) is 0 Å². The molecule has 1 aromatic rings. The van der Waals surface area contributed by atoms with E-state index >= 15 is 0 Å². The van der Waals surface area contributed by atoms with Crippen molar-refractivity contribution >= 4 is 17.6 Å². The van der Waals surface area contributed by atoms with Gasteiger partial charge in [0.2, 0.25) is 0 Å². The molecule has 2 rings (SSSR count). The van der Waals surface area contributed by atoms with Crippen LogP contribution in [-0.2, 0) is 6.42 Å². The Balaban J connectivity index is 1.92. The maximum atomic E-state index is 13.1. The molecule has 6 heteroatoms. The third kappa shape index (κ3) is 6.13. The Bertz CT molecular complexity index is 589. The molecular formula is C20H32ClFN4. The van der Waals surface area contributed by atoms with E-state index in [1.54, 1.807) is 6.07 Å². The highest BCUT2D eigenvalue weighted by Gasteiger charge is 2.25. The smallest absolute Gasteiger partial charge is 0.193 e. The average Bonchev–Trinajstić information content (AvgIpc) is 3.09. The van der Waals surface area contributed by atoms with Crippen LogP contribution in [0.25, 0.3) is 0 Å². The van der Waals surface area contributed by atoms with Gasteiger partial charge >= 0.3 is 0 Å². The molecule has 0 bridgehead atoms. The number of hydrogen-bond acceptors (Lipinski definition) is 2. The van der Waals surface area contributed by atoms with Gasteiger partial charge in [-0.3, -0.25) is 4.99 Å². The van der Waals surface area contributed by atoms with Crippen molar-refractivity contribution in [3.63, 3.8) is 0 Å². The van der Waals surface area contributed by atoms with Crippen molar-refractivity contribution in [1.82, 2.24) is 15.1 Å². The highest BCUT2D eigenvalue weighted by Crippen LogP contribution is 2.19. The number of likely N-dealkylation sites (tertiary alicyclic amines) is 1. The largest absolute Gasteiger partial charge is 0.357 e. The molecule has 0 aromatic heterocycles. The molecule has 0 spiro atoms. The summed E-state index contributed by atoms with van der Waals surface area (Å²) in [7, 11) is 0. The number of guanidine groups is 1. The van der Waals surface area contributed by atoms with Gasteiger partial charge in [0, 0.05) is 37.7 Å². The normalized spacial score (nSPS) is 18.0. The van der Waals surface area contributed by atoms with E-state index in [9.17, 15) is 4.39 Å². The minimum Gasteiger partial charge on any atom is -0.357 e. The van der Waals surface area contributed by atoms with E-state index in [0.717, 1.165) is 50.8 Å². The number of hydrogen-bond donors (Lipinski definition) is 1. The van der Waals surface area contributed by atoms with Crippen LogP contribution in [0.2, 0.25) is 5.02 Å². The van der Waals surface area contributed by atoms with Gasteiger partial charge in [-0.25, -0.2) is 4.39 Å². The van der Waals surface area contributed by atoms with Gasteiger partial charge < -0.3 is 15.1 Å². The highest BCUT2D eigenvalue weighted by atomic mass is 35.5. The van der Waals surface area contributed by atoms with Gasteiger partial charge in [0.15, 0.2) is 5.96 Å². The van der Waals surface area contributed by atoms with Crippen molar-refractivity contribution in [3.05, 3.63) is 34.6 Å². The van der Waals surface area contributed by atoms with Crippen LogP contribution in [0.15, 0.2) is 23.2 Å². The quantitative estimate of drug-likeness (QED) is 0.550. The molecule has 1 atom stereocenters. The van der Waals surface area contributed by atoms with E-state index < -0.39 is 0 Å². The van der Waals surface area contributed by atoms with E-state index in [1.165, 1.54) is 18.6 Å². The van der Waals surface area contributed by atoms with E-state index in [-0.39, 0.29) is 5.82 Å². The lowest BCUT2D eigenvalue weighted by molar-refractivity contribution is 0.255. The molecule has 0 saturated carbocycles. The molecule has 1 unspecified atom stereocenters. The van der Waals surface area contributed by atoms with E-state index in [2.05, 4.69) is 35.9 Å². The zero-order valence-corrected chi connectivity index (χ0v) is 17.0. The second-order valence-electron chi connectivity index (χ2n) is 6.81. The Labute approximate surface area is 162 Å². The average molecular weight is 383 g/mol. The van der Waals surface area contributed by atoms with Crippen molar-refractivity contribution in [3.8, 4) is 0 Å². The molecule has 1 aliphatic rings. The Morgan fingerprint density at radius 3 is 2.77 bits per heavy atom. The van der Waals surface area contributed by atoms with E-state index in [0.29, 0.717) is 23.9 Å². The van der Waals surface area contributed by atoms with Crippen LogP contribution in [0.4, 0.5) is 4.39 Å². The van der Waals surface area contributed by atoms with Gasteiger partial charge in [-0.15, -0.1) is 0 Å². The predicted octanol–water partition coefficient (Wildman–Crippen LogP) is 3.65. The van der Waals surface area contributed by atoms with Crippen LogP contribution in [0, 0.1) is 11.7 Å². The number of aliphatic imine (C=N–C) groups is 1. The molecular weight excluding hydrogens is 351 g/mol. The van der Waals surface area contributed by atoms with Gasteiger partial charge in [0.25, 0.3) is 0 Å². The summed E-state index contributed by atoms with van der Waals surface area (Å²) in [6, 6.07) is 4.56. The highest BCUT2D eigenvalue weighted by molar-refractivity contribution is 6.31. The van der Waals surface area contributed by atoms with Crippen molar-refractivity contribution in [2.75, 3.05) is 45.8 Å². The first-order valence-corrected chi connectivity index (χ1v) is 10.1. The number of nitrogens with zero attached hydrogens (tertiary/aromatic N) is 3. The minimum atomic E-state index is -0.299. The summed E-state index contributed by atoms with van der Waals surface area (Å²) in [6.45, 7) is 13.5. The molecule has 0 radical (unpaired) electrons. The van der Waals surface area contributed by atoms with Crippen molar-refractivity contribution in [2.45, 2.75) is 33.6 Å². The van der Waals surface area contributed by atoms with Gasteiger partial charge in [-0.1, -0.05) is 31.5 Å². The Kier molecular flexibility index (Phi) is 8.66. The van der Waals surface area contributed by atoms with Crippen molar-refractivity contribution in [1.29, 1.82) is 0 Å². The second kappa shape index (κ2) is 10.7. The Morgan fingerprint density at radius 1 is 1.35 bits per heavy atom. The number of benzene rings is 1. The molecule has 1 N–H and O–H groups in total. The maximum Gasteiger partial charge on any atom is 0.193 e. The molecule has 4 nitrogen and oxygen atoms in total.